The van der Waals surface area contributed by atoms with E-state index in [1.165, 1.54) is 0 Å². The number of rotatable bonds is 3. The molecule has 16 heavy (non-hydrogen) atoms. The molecule has 1 heterocycles. The van der Waals surface area contributed by atoms with E-state index in [4.69, 9.17) is 5.26 Å². The van der Waals surface area contributed by atoms with E-state index in [0.717, 1.165) is 11.5 Å². The summed E-state index contributed by atoms with van der Waals surface area (Å²) in [4.78, 5) is 10.5. The molecule has 1 aromatic heterocycles. The maximum atomic E-state index is 8.54. The van der Waals surface area contributed by atoms with Crippen LogP contribution in [-0.4, -0.2) is 23.6 Å². The maximum absolute atomic E-state index is 8.54. The van der Waals surface area contributed by atoms with Gasteiger partial charge < -0.3 is 4.90 Å². The van der Waals surface area contributed by atoms with Crippen molar-refractivity contribution in [2.24, 2.45) is 0 Å². The van der Waals surface area contributed by atoms with Crippen LogP contribution in [0.5, 0.6) is 0 Å². The molecule has 0 aliphatic rings. The third-order valence-corrected chi connectivity index (χ3v) is 2.37. The molecule has 0 aromatic carbocycles. The lowest BCUT2D eigenvalue weighted by atomic mass is 9.92. The highest BCUT2D eigenvalue weighted by Crippen LogP contribution is 2.22. The standard InChI is InChI=1S/C12H18N4/c1-12(2,3)10-8-11(15-9-14-10)16(4)7-5-6-13/h8-9H,5,7H2,1-4H3. The van der Waals surface area contributed by atoms with Crippen LogP contribution in [0.15, 0.2) is 12.4 Å². The SMILES string of the molecule is CN(CCC#N)c1cc(C(C)(C)C)ncn1. The van der Waals surface area contributed by atoms with E-state index in [9.17, 15) is 0 Å². The van der Waals surface area contributed by atoms with E-state index in [2.05, 4.69) is 36.8 Å². The van der Waals surface area contributed by atoms with Crippen LogP contribution in [0, 0.1) is 11.3 Å². The summed E-state index contributed by atoms with van der Waals surface area (Å²) in [5.41, 5.74) is 1.04. The molecule has 0 aliphatic heterocycles. The molecular formula is C12H18N4. The van der Waals surface area contributed by atoms with Gasteiger partial charge in [0.25, 0.3) is 0 Å². The second-order valence-electron chi connectivity index (χ2n) is 4.84. The van der Waals surface area contributed by atoms with Crippen LogP contribution in [0.1, 0.15) is 32.9 Å². The molecule has 0 amide bonds. The zero-order chi connectivity index (χ0) is 12.2. The van der Waals surface area contributed by atoms with E-state index in [0.29, 0.717) is 13.0 Å². The average Bonchev–Trinajstić information content (AvgIpc) is 2.25. The summed E-state index contributed by atoms with van der Waals surface area (Å²) < 4.78 is 0. The Labute approximate surface area is 96.9 Å². The van der Waals surface area contributed by atoms with Crippen molar-refractivity contribution < 1.29 is 0 Å². The lowest BCUT2D eigenvalue weighted by Crippen LogP contribution is -2.21. The van der Waals surface area contributed by atoms with Crippen LogP contribution < -0.4 is 4.90 Å². The molecule has 0 spiro atoms. The van der Waals surface area contributed by atoms with Gasteiger partial charge in [-0.3, -0.25) is 0 Å². The first-order chi connectivity index (χ1) is 7.45. The van der Waals surface area contributed by atoms with Gasteiger partial charge in [-0.1, -0.05) is 20.8 Å². The van der Waals surface area contributed by atoms with E-state index >= 15 is 0 Å². The Balaban J connectivity index is 2.87. The summed E-state index contributed by atoms with van der Waals surface area (Å²) in [7, 11) is 1.94. The quantitative estimate of drug-likeness (QED) is 0.779. The number of nitrogens with zero attached hydrogens (tertiary/aromatic N) is 4. The molecule has 1 aromatic rings. The van der Waals surface area contributed by atoms with Crippen LogP contribution in [0.2, 0.25) is 0 Å². The van der Waals surface area contributed by atoms with Crippen LogP contribution in [0.4, 0.5) is 5.82 Å². The van der Waals surface area contributed by atoms with Crippen LogP contribution in [0.25, 0.3) is 0 Å². The first-order valence-corrected chi connectivity index (χ1v) is 5.36. The molecule has 0 saturated heterocycles. The first kappa shape index (κ1) is 12.4. The van der Waals surface area contributed by atoms with Gasteiger partial charge in [0.15, 0.2) is 0 Å². The molecule has 0 atom stereocenters. The van der Waals surface area contributed by atoms with Gasteiger partial charge in [0.05, 0.1) is 18.2 Å². The van der Waals surface area contributed by atoms with Gasteiger partial charge in [-0.15, -0.1) is 0 Å². The molecule has 0 radical (unpaired) electrons. The fourth-order valence-electron chi connectivity index (χ4n) is 1.30. The van der Waals surface area contributed by atoms with Crippen molar-refractivity contribution in [2.45, 2.75) is 32.6 Å². The number of aromatic nitrogens is 2. The minimum atomic E-state index is 0.0216. The number of anilines is 1. The van der Waals surface area contributed by atoms with Gasteiger partial charge in [0.1, 0.15) is 12.1 Å². The van der Waals surface area contributed by atoms with E-state index in [1.807, 2.05) is 18.0 Å². The molecular weight excluding hydrogens is 200 g/mol. The largest absolute Gasteiger partial charge is 0.359 e. The summed E-state index contributed by atoms with van der Waals surface area (Å²) >= 11 is 0. The second-order valence-corrected chi connectivity index (χ2v) is 4.84. The summed E-state index contributed by atoms with van der Waals surface area (Å²) in [5.74, 6) is 0.871. The third kappa shape index (κ3) is 3.20. The van der Waals surface area contributed by atoms with Crippen LogP contribution in [-0.2, 0) is 5.41 Å². The van der Waals surface area contributed by atoms with Gasteiger partial charge >= 0.3 is 0 Å². The fourth-order valence-corrected chi connectivity index (χ4v) is 1.30. The van der Waals surface area contributed by atoms with Crippen molar-refractivity contribution >= 4 is 5.82 Å². The Morgan fingerprint density at radius 1 is 1.38 bits per heavy atom. The van der Waals surface area contributed by atoms with E-state index in [1.54, 1.807) is 6.33 Å². The van der Waals surface area contributed by atoms with Crippen molar-refractivity contribution in [1.82, 2.24) is 9.97 Å². The number of nitriles is 1. The fraction of sp³-hybridized carbons (Fsp3) is 0.583. The molecule has 0 fully saturated rings. The molecule has 4 heteroatoms. The Hall–Kier alpha value is -1.63. The number of hydrogen-bond acceptors (Lipinski definition) is 4. The van der Waals surface area contributed by atoms with Crippen molar-refractivity contribution in [1.29, 1.82) is 5.26 Å². The van der Waals surface area contributed by atoms with Crippen molar-refractivity contribution in [2.75, 3.05) is 18.5 Å². The minimum Gasteiger partial charge on any atom is -0.359 e. The predicted molar refractivity (Wildman–Crippen MR) is 64.2 cm³/mol. The van der Waals surface area contributed by atoms with Crippen molar-refractivity contribution in [3.8, 4) is 6.07 Å². The minimum absolute atomic E-state index is 0.0216. The lowest BCUT2D eigenvalue weighted by Gasteiger charge is -2.21. The van der Waals surface area contributed by atoms with Crippen LogP contribution in [0.3, 0.4) is 0 Å². The zero-order valence-electron chi connectivity index (χ0n) is 10.4. The Morgan fingerprint density at radius 2 is 2.06 bits per heavy atom. The van der Waals surface area contributed by atoms with Gasteiger partial charge in [0, 0.05) is 25.1 Å². The normalized spacial score (nSPS) is 10.9. The average molecular weight is 218 g/mol. The van der Waals surface area contributed by atoms with Gasteiger partial charge in [-0.2, -0.15) is 5.26 Å². The molecule has 0 aliphatic carbocycles. The smallest absolute Gasteiger partial charge is 0.131 e. The van der Waals surface area contributed by atoms with Crippen molar-refractivity contribution in [3.63, 3.8) is 0 Å². The number of hydrogen-bond donors (Lipinski definition) is 0. The second kappa shape index (κ2) is 4.93. The van der Waals surface area contributed by atoms with E-state index < -0.39 is 0 Å². The molecule has 0 unspecified atom stereocenters. The molecule has 0 bridgehead atoms. The summed E-state index contributed by atoms with van der Waals surface area (Å²) in [6, 6.07) is 4.11. The Kier molecular flexibility index (Phi) is 3.83. The van der Waals surface area contributed by atoms with Crippen molar-refractivity contribution in [3.05, 3.63) is 18.1 Å². The molecule has 4 nitrogen and oxygen atoms in total. The van der Waals surface area contributed by atoms with Crippen LogP contribution >= 0.6 is 0 Å². The monoisotopic (exact) mass is 218 g/mol. The summed E-state index contributed by atoms with van der Waals surface area (Å²) in [6.07, 6.45) is 2.09. The zero-order valence-corrected chi connectivity index (χ0v) is 10.4. The third-order valence-electron chi connectivity index (χ3n) is 2.37. The van der Waals surface area contributed by atoms with E-state index in [-0.39, 0.29) is 5.41 Å². The predicted octanol–water partition coefficient (Wildman–Crippen LogP) is 2.12. The highest BCUT2D eigenvalue weighted by atomic mass is 15.2. The topological polar surface area (TPSA) is 52.8 Å². The Bertz CT molecular complexity index is 387. The maximum Gasteiger partial charge on any atom is 0.131 e. The molecule has 0 N–H and O–H groups in total. The summed E-state index contributed by atoms with van der Waals surface area (Å²) in [5, 5.41) is 8.54. The van der Waals surface area contributed by atoms with Gasteiger partial charge in [-0.05, 0) is 0 Å². The lowest BCUT2D eigenvalue weighted by molar-refractivity contribution is 0.566. The molecule has 0 saturated carbocycles. The van der Waals surface area contributed by atoms with Gasteiger partial charge in [-0.25, -0.2) is 9.97 Å². The summed E-state index contributed by atoms with van der Waals surface area (Å²) in [6.45, 7) is 7.05. The molecule has 1 rings (SSSR count). The van der Waals surface area contributed by atoms with Gasteiger partial charge in [0.2, 0.25) is 0 Å². The highest BCUT2D eigenvalue weighted by molar-refractivity contribution is 5.39. The first-order valence-electron chi connectivity index (χ1n) is 5.36. The Morgan fingerprint density at radius 3 is 2.62 bits per heavy atom. The highest BCUT2D eigenvalue weighted by Gasteiger charge is 2.16. The molecule has 86 valence electrons.